The molecule has 0 spiro atoms. The van der Waals surface area contributed by atoms with Crippen molar-refractivity contribution >= 4 is 34.0 Å². The summed E-state index contributed by atoms with van der Waals surface area (Å²) in [5.74, 6) is 0. The van der Waals surface area contributed by atoms with E-state index in [0.717, 1.165) is 38.9 Å². The first-order chi connectivity index (χ1) is 12.0. The summed E-state index contributed by atoms with van der Waals surface area (Å²) in [6.45, 7) is 3.52. The number of rotatable bonds is 7. The van der Waals surface area contributed by atoms with Crippen molar-refractivity contribution in [1.29, 1.82) is 0 Å². The van der Waals surface area contributed by atoms with Gasteiger partial charge in [0.15, 0.2) is 0 Å². The Morgan fingerprint density at radius 2 is 1.69 bits per heavy atom. The Kier molecular flexibility index (Phi) is 7.92. The van der Waals surface area contributed by atoms with Crippen LogP contribution in [0.4, 0.5) is 0 Å². The van der Waals surface area contributed by atoms with Crippen LogP contribution in [0.2, 0.25) is 5.02 Å². The van der Waals surface area contributed by atoms with Crippen molar-refractivity contribution in [3.8, 4) is 0 Å². The molecule has 0 aromatic heterocycles. The summed E-state index contributed by atoms with van der Waals surface area (Å²) >= 11 is 5.79. The average molecular weight is 415 g/mol. The fourth-order valence-corrected chi connectivity index (χ4v) is 4.31. The van der Waals surface area contributed by atoms with Crippen LogP contribution in [0.25, 0.3) is 0 Å². The lowest BCUT2D eigenvalue weighted by atomic mass is 10.00. The van der Waals surface area contributed by atoms with E-state index in [0.29, 0.717) is 11.6 Å². The molecule has 1 N–H and O–H groups in total. The Morgan fingerprint density at radius 1 is 1.00 bits per heavy atom. The number of hydrogen-bond donors (Lipinski definition) is 1. The molecule has 0 fully saturated rings. The number of sulfonamides is 1. The van der Waals surface area contributed by atoms with E-state index < -0.39 is 10.0 Å². The van der Waals surface area contributed by atoms with Gasteiger partial charge in [-0.15, -0.1) is 12.4 Å². The van der Waals surface area contributed by atoms with Gasteiger partial charge in [0.2, 0.25) is 10.0 Å². The minimum absolute atomic E-state index is 0. The minimum atomic E-state index is -3.44. The van der Waals surface area contributed by atoms with Crippen molar-refractivity contribution in [1.82, 2.24) is 9.62 Å². The minimum Gasteiger partial charge on any atom is -0.299 e. The van der Waals surface area contributed by atoms with Crippen molar-refractivity contribution in [3.63, 3.8) is 0 Å². The first-order valence-electron chi connectivity index (χ1n) is 8.59. The van der Waals surface area contributed by atoms with E-state index in [2.05, 4.69) is 33.9 Å². The van der Waals surface area contributed by atoms with Gasteiger partial charge in [0.1, 0.15) is 0 Å². The molecule has 0 saturated heterocycles. The van der Waals surface area contributed by atoms with E-state index in [-0.39, 0.29) is 17.3 Å². The molecule has 26 heavy (non-hydrogen) atoms. The van der Waals surface area contributed by atoms with Crippen LogP contribution in [-0.2, 0) is 23.0 Å². The average Bonchev–Trinajstić information content (AvgIpc) is 2.61. The number of nitrogens with one attached hydrogen (secondary N) is 1. The first-order valence-corrected chi connectivity index (χ1v) is 10.4. The lowest BCUT2D eigenvalue weighted by molar-refractivity contribution is 0.249. The zero-order chi connectivity index (χ0) is 17.7. The highest BCUT2D eigenvalue weighted by Gasteiger charge is 2.16. The van der Waals surface area contributed by atoms with Crippen molar-refractivity contribution in [2.45, 2.75) is 30.7 Å². The number of nitrogens with zero attached hydrogens (tertiary/aromatic N) is 1. The molecule has 3 rings (SSSR count). The monoisotopic (exact) mass is 414 g/mol. The predicted octanol–water partition coefficient (Wildman–Crippen LogP) is 3.88. The molecule has 1 heterocycles. The smallest absolute Gasteiger partial charge is 0.240 e. The van der Waals surface area contributed by atoms with Gasteiger partial charge in [-0.1, -0.05) is 35.9 Å². The highest BCUT2D eigenvalue weighted by atomic mass is 35.5. The van der Waals surface area contributed by atoms with Gasteiger partial charge in [0.05, 0.1) is 4.90 Å². The zero-order valence-electron chi connectivity index (χ0n) is 14.5. The van der Waals surface area contributed by atoms with Crippen LogP contribution < -0.4 is 4.72 Å². The van der Waals surface area contributed by atoms with Crippen molar-refractivity contribution < 1.29 is 8.42 Å². The second-order valence-corrected chi connectivity index (χ2v) is 8.56. The maximum absolute atomic E-state index is 12.2. The second-order valence-electron chi connectivity index (χ2n) is 6.35. The van der Waals surface area contributed by atoms with Crippen LogP contribution in [0, 0.1) is 0 Å². The Labute approximate surface area is 167 Å². The highest BCUT2D eigenvalue weighted by molar-refractivity contribution is 7.89. The van der Waals surface area contributed by atoms with Crippen molar-refractivity contribution in [3.05, 3.63) is 64.7 Å². The Bertz CT molecular complexity index is 811. The molecule has 1 aliphatic heterocycles. The third-order valence-electron chi connectivity index (χ3n) is 4.53. The molecule has 7 heteroatoms. The normalized spacial score (nSPS) is 14.5. The van der Waals surface area contributed by atoms with Crippen LogP contribution in [0.15, 0.2) is 53.4 Å². The summed E-state index contributed by atoms with van der Waals surface area (Å²) in [4.78, 5) is 2.69. The molecule has 0 aliphatic carbocycles. The molecular weight excluding hydrogens is 391 g/mol. The Balaban J connectivity index is 0.00000243. The number of unbranched alkanes of at least 4 members (excludes halogenated alkanes) is 1. The molecule has 1 aliphatic rings. The molecule has 0 bridgehead atoms. The number of halogens is 2. The van der Waals surface area contributed by atoms with Gasteiger partial charge < -0.3 is 0 Å². The van der Waals surface area contributed by atoms with Gasteiger partial charge in [-0.3, -0.25) is 4.90 Å². The van der Waals surface area contributed by atoms with Crippen LogP contribution in [-0.4, -0.2) is 33.0 Å². The van der Waals surface area contributed by atoms with E-state index in [1.807, 2.05) is 0 Å². The van der Waals surface area contributed by atoms with E-state index in [4.69, 9.17) is 11.6 Å². The summed E-state index contributed by atoms with van der Waals surface area (Å²) in [6, 6.07) is 14.8. The molecular formula is C19H24Cl2N2O2S. The molecule has 0 saturated carbocycles. The summed E-state index contributed by atoms with van der Waals surface area (Å²) in [5.41, 5.74) is 2.87. The molecule has 0 unspecified atom stereocenters. The first kappa shape index (κ1) is 21.2. The predicted molar refractivity (Wildman–Crippen MR) is 109 cm³/mol. The van der Waals surface area contributed by atoms with E-state index in [1.165, 1.54) is 23.3 Å². The number of fused-ring (bicyclic) bond motifs is 1. The third-order valence-corrected chi connectivity index (χ3v) is 6.26. The molecule has 0 amide bonds. The van der Waals surface area contributed by atoms with Crippen LogP contribution >= 0.6 is 24.0 Å². The Hall–Kier alpha value is -1.11. The molecule has 0 atom stereocenters. The van der Waals surface area contributed by atoms with Crippen molar-refractivity contribution in [2.24, 2.45) is 0 Å². The molecule has 2 aromatic rings. The van der Waals surface area contributed by atoms with E-state index in [9.17, 15) is 8.42 Å². The molecule has 142 valence electrons. The van der Waals surface area contributed by atoms with Gasteiger partial charge in [0, 0.05) is 24.7 Å². The summed E-state index contributed by atoms with van der Waals surface area (Å²) in [6.07, 6.45) is 2.90. The summed E-state index contributed by atoms with van der Waals surface area (Å²) in [7, 11) is -3.44. The van der Waals surface area contributed by atoms with Gasteiger partial charge in [-0.25, -0.2) is 13.1 Å². The quantitative estimate of drug-likeness (QED) is 0.699. The standard InChI is InChI=1S/C19H23ClN2O2S.ClH/c20-18-7-9-19(10-8-18)25(23,24)21-12-3-4-13-22-14-11-16-5-1-2-6-17(16)15-22;/h1-2,5-10,21H,3-4,11-15H2;1H. The van der Waals surface area contributed by atoms with Gasteiger partial charge in [0.25, 0.3) is 0 Å². The fraction of sp³-hybridized carbons (Fsp3) is 0.368. The largest absolute Gasteiger partial charge is 0.299 e. The van der Waals surface area contributed by atoms with Crippen LogP contribution in [0.3, 0.4) is 0 Å². The second kappa shape index (κ2) is 9.72. The summed E-state index contributed by atoms with van der Waals surface area (Å²) in [5, 5.41) is 0.530. The molecule has 2 aromatic carbocycles. The lowest BCUT2D eigenvalue weighted by Gasteiger charge is -2.28. The summed E-state index contributed by atoms with van der Waals surface area (Å²) < 4.78 is 27.0. The number of benzene rings is 2. The van der Waals surface area contributed by atoms with Gasteiger partial charge in [-0.2, -0.15) is 0 Å². The van der Waals surface area contributed by atoms with Crippen LogP contribution in [0.1, 0.15) is 24.0 Å². The maximum Gasteiger partial charge on any atom is 0.240 e. The lowest BCUT2D eigenvalue weighted by Crippen LogP contribution is -2.32. The topological polar surface area (TPSA) is 49.4 Å². The number of hydrogen-bond acceptors (Lipinski definition) is 3. The Morgan fingerprint density at radius 3 is 2.42 bits per heavy atom. The molecule has 0 radical (unpaired) electrons. The van der Waals surface area contributed by atoms with Gasteiger partial charge >= 0.3 is 0 Å². The maximum atomic E-state index is 12.2. The van der Waals surface area contributed by atoms with E-state index in [1.54, 1.807) is 12.1 Å². The van der Waals surface area contributed by atoms with Crippen LogP contribution in [0.5, 0.6) is 0 Å². The fourth-order valence-electron chi connectivity index (χ4n) is 3.11. The SMILES string of the molecule is Cl.O=S(=O)(NCCCCN1CCc2ccccc2C1)c1ccc(Cl)cc1. The zero-order valence-corrected chi connectivity index (χ0v) is 16.9. The third kappa shape index (κ3) is 5.69. The van der Waals surface area contributed by atoms with Gasteiger partial charge in [-0.05, 0) is 61.2 Å². The highest BCUT2D eigenvalue weighted by Crippen LogP contribution is 2.18. The van der Waals surface area contributed by atoms with Crippen molar-refractivity contribution in [2.75, 3.05) is 19.6 Å². The molecule has 4 nitrogen and oxygen atoms in total. The van der Waals surface area contributed by atoms with E-state index >= 15 is 0 Å².